The summed E-state index contributed by atoms with van der Waals surface area (Å²) in [5.74, 6) is 0.593. The first-order valence-corrected chi connectivity index (χ1v) is 9.49. The summed E-state index contributed by atoms with van der Waals surface area (Å²) >= 11 is 0. The van der Waals surface area contributed by atoms with Crippen LogP contribution in [0.15, 0.2) is 40.9 Å². The van der Waals surface area contributed by atoms with Crippen LogP contribution >= 0.6 is 0 Å². The minimum atomic E-state index is -3.12. The van der Waals surface area contributed by atoms with Gasteiger partial charge < -0.3 is 9.84 Å². The first kappa shape index (κ1) is 18.2. The van der Waals surface area contributed by atoms with Crippen molar-refractivity contribution in [3.8, 4) is 0 Å². The lowest BCUT2D eigenvalue weighted by Gasteiger charge is -2.27. The number of hydrogen-bond donors (Lipinski definition) is 1. The molecular weight excluding hydrogens is 330 g/mol. The predicted molar refractivity (Wildman–Crippen MR) is 91.4 cm³/mol. The molecule has 0 aliphatic rings. The summed E-state index contributed by atoms with van der Waals surface area (Å²) in [7, 11) is -1.40. The summed E-state index contributed by atoms with van der Waals surface area (Å²) < 4.78 is 27.8. The Hall–Kier alpha value is -2.19. The number of carbonyl (C=O) groups excluding carboxylic acids is 1. The van der Waals surface area contributed by atoms with Crippen LogP contribution in [0.1, 0.15) is 17.4 Å². The van der Waals surface area contributed by atoms with Crippen LogP contribution in [0, 0.1) is 6.92 Å². The highest BCUT2D eigenvalue weighted by Gasteiger charge is 2.26. The molecule has 0 spiro atoms. The molecule has 2 rings (SSSR count). The molecule has 0 radical (unpaired) electrons. The van der Waals surface area contributed by atoms with E-state index in [1.807, 2.05) is 30.3 Å². The summed E-state index contributed by atoms with van der Waals surface area (Å²) in [5, 5.41) is 6.46. The standard InChI is InChI=1S/C16H21N3O4S/c1-12-11-14(18-23-12)17-16(20)15(13-7-5-4-6-8-13)19(2)9-10-24(3,21)22/h4-8,11,15H,9-10H2,1-3H3,(H,17,18,20). The lowest BCUT2D eigenvalue weighted by Crippen LogP contribution is -2.37. The Morgan fingerprint density at radius 1 is 1.33 bits per heavy atom. The molecule has 1 amide bonds. The van der Waals surface area contributed by atoms with E-state index in [0.717, 1.165) is 5.56 Å². The van der Waals surface area contributed by atoms with Gasteiger partial charge in [-0.15, -0.1) is 0 Å². The molecule has 0 saturated heterocycles. The molecule has 1 unspecified atom stereocenters. The van der Waals surface area contributed by atoms with Crippen LogP contribution in [0.3, 0.4) is 0 Å². The molecule has 8 heteroatoms. The van der Waals surface area contributed by atoms with Gasteiger partial charge in [-0.1, -0.05) is 35.5 Å². The Bertz CT molecular complexity index is 787. The zero-order chi connectivity index (χ0) is 17.7. The van der Waals surface area contributed by atoms with Crippen molar-refractivity contribution in [3.05, 3.63) is 47.7 Å². The zero-order valence-corrected chi connectivity index (χ0v) is 14.7. The van der Waals surface area contributed by atoms with Crippen LogP contribution in [-0.4, -0.2) is 50.0 Å². The second-order valence-corrected chi connectivity index (χ2v) is 8.00. The fraction of sp³-hybridized carbons (Fsp3) is 0.375. The summed E-state index contributed by atoms with van der Waals surface area (Å²) in [4.78, 5) is 14.4. The van der Waals surface area contributed by atoms with Crippen LogP contribution < -0.4 is 5.32 Å². The smallest absolute Gasteiger partial charge is 0.247 e. The van der Waals surface area contributed by atoms with Gasteiger partial charge in [0.05, 0.1) is 5.75 Å². The molecule has 1 atom stereocenters. The van der Waals surface area contributed by atoms with Crippen molar-refractivity contribution in [1.82, 2.24) is 10.1 Å². The van der Waals surface area contributed by atoms with Crippen LogP contribution in [-0.2, 0) is 14.6 Å². The molecule has 1 N–H and O–H groups in total. The van der Waals surface area contributed by atoms with E-state index in [1.165, 1.54) is 6.26 Å². The van der Waals surface area contributed by atoms with E-state index in [4.69, 9.17) is 4.52 Å². The molecule has 2 aromatic rings. The fourth-order valence-electron chi connectivity index (χ4n) is 2.30. The van der Waals surface area contributed by atoms with E-state index < -0.39 is 15.9 Å². The molecule has 0 aliphatic carbocycles. The van der Waals surface area contributed by atoms with E-state index in [2.05, 4.69) is 10.5 Å². The van der Waals surface area contributed by atoms with Gasteiger partial charge in [-0.25, -0.2) is 8.42 Å². The SMILES string of the molecule is Cc1cc(NC(=O)C(c2ccccc2)N(C)CCS(C)(=O)=O)no1. The predicted octanol–water partition coefficient (Wildman–Crippen LogP) is 1.64. The van der Waals surface area contributed by atoms with Gasteiger partial charge in [0.2, 0.25) is 5.91 Å². The van der Waals surface area contributed by atoms with Gasteiger partial charge in [-0.2, -0.15) is 0 Å². The number of nitrogens with zero attached hydrogens (tertiary/aromatic N) is 2. The highest BCUT2D eigenvalue weighted by atomic mass is 32.2. The minimum Gasteiger partial charge on any atom is -0.360 e. The van der Waals surface area contributed by atoms with Crippen LogP contribution in [0.2, 0.25) is 0 Å². The fourth-order valence-corrected chi connectivity index (χ4v) is 2.92. The van der Waals surface area contributed by atoms with Gasteiger partial charge in [-0.05, 0) is 19.5 Å². The molecule has 1 aromatic heterocycles. The summed E-state index contributed by atoms with van der Waals surface area (Å²) in [5.41, 5.74) is 0.770. The van der Waals surface area contributed by atoms with E-state index in [0.29, 0.717) is 11.6 Å². The lowest BCUT2D eigenvalue weighted by molar-refractivity contribution is -0.121. The maximum Gasteiger partial charge on any atom is 0.247 e. The van der Waals surface area contributed by atoms with Crippen molar-refractivity contribution in [3.63, 3.8) is 0 Å². The van der Waals surface area contributed by atoms with Crippen molar-refractivity contribution in [2.45, 2.75) is 13.0 Å². The van der Waals surface area contributed by atoms with Gasteiger partial charge in [0.1, 0.15) is 21.6 Å². The first-order valence-electron chi connectivity index (χ1n) is 7.43. The lowest BCUT2D eigenvalue weighted by atomic mass is 10.0. The number of sulfone groups is 1. The molecule has 130 valence electrons. The number of nitrogens with one attached hydrogen (secondary N) is 1. The summed E-state index contributed by atoms with van der Waals surface area (Å²) in [6.07, 6.45) is 1.18. The number of amides is 1. The van der Waals surface area contributed by atoms with E-state index in [1.54, 1.807) is 24.9 Å². The van der Waals surface area contributed by atoms with E-state index in [9.17, 15) is 13.2 Å². The molecular formula is C16H21N3O4S. The molecule has 0 bridgehead atoms. The quantitative estimate of drug-likeness (QED) is 0.815. The molecule has 0 aliphatic heterocycles. The number of aryl methyl sites for hydroxylation is 1. The maximum atomic E-state index is 12.7. The van der Waals surface area contributed by atoms with E-state index in [-0.39, 0.29) is 18.2 Å². The third-order valence-electron chi connectivity index (χ3n) is 3.50. The normalized spacial score (nSPS) is 13.0. The second kappa shape index (κ2) is 7.59. The largest absolute Gasteiger partial charge is 0.360 e. The van der Waals surface area contributed by atoms with E-state index >= 15 is 0 Å². The van der Waals surface area contributed by atoms with Gasteiger partial charge in [0.25, 0.3) is 0 Å². The van der Waals surface area contributed by atoms with Crippen molar-refractivity contribution in [2.24, 2.45) is 0 Å². The van der Waals surface area contributed by atoms with Crippen molar-refractivity contribution >= 4 is 21.6 Å². The Morgan fingerprint density at radius 2 is 2.00 bits per heavy atom. The average Bonchev–Trinajstić information content (AvgIpc) is 2.91. The third-order valence-corrected chi connectivity index (χ3v) is 4.42. The van der Waals surface area contributed by atoms with Gasteiger partial charge in [0.15, 0.2) is 5.82 Å². The Balaban J connectivity index is 2.20. The Kier molecular flexibility index (Phi) is 5.74. The Morgan fingerprint density at radius 3 is 2.54 bits per heavy atom. The molecule has 1 heterocycles. The molecule has 24 heavy (non-hydrogen) atoms. The molecule has 0 saturated carbocycles. The molecule has 7 nitrogen and oxygen atoms in total. The monoisotopic (exact) mass is 351 g/mol. The number of aromatic nitrogens is 1. The number of likely N-dealkylation sites (N-methyl/N-ethyl adjacent to an activating group) is 1. The minimum absolute atomic E-state index is 0.0246. The van der Waals surface area contributed by atoms with Gasteiger partial charge >= 0.3 is 0 Å². The highest BCUT2D eigenvalue weighted by Crippen LogP contribution is 2.21. The second-order valence-electron chi connectivity index (χ2n) is 5.74. The molecule has 0 fully saturated rings. The number of hydrogen-bond acceptors (Lipinski definition) is 6. The summed E-state index contributed by atoms with van der Waals surface area (Å²) in [6.45, 7) is 1.97. The van der Waals surface area contributed by atoms with Crippen molar-refractivity contribution in [1.29, 1.82) is 0 Å². The Labute approximate surface area is 141 Å². The van der Waals surface area contributed by atoms with Gasteiger partial charge in [-0.3, -0.25) is 9.69 Å². The third kappa shape index (κ3) is 5.17. The maximum absolute atomic E-state index is 12.7. The van der Waals surface area contributed by atoms with Crippen LogP contribution in [0.4, 0.5) is 5.82 Å². The topological polar surface area (TPSA) is 92.5 Å². The highest BCUT2D eigenvalue weighted by molar-refractivity contribution is 7.90. The average molecular weight is 351 g/mol. The summed E-state index contributed by atoms with van der Waals surface area (Å²) in [6, 6.07) is 10.2. The number of benzene rings is 1. The number of rotatable bonds is 7. The first-order chi connectivity index (χ1) is 11.3. The number of anilines is 1. The van der Waals surface area contributed by atoms with Crippen LogP contribution in [0.5, 0.6) is 0 Å². The number of carbonyl (C=O) groups is 1. The van der Waals surface area contributed by atoms with Crippen molar-refractivity contribution < 1.29 is 17.7 Å². The van der Waals surface area contributed by atoms with Gasteiger partial charge in [0, 0.05) is 18.9 Å². The van der Waals surface area contributed by atoms with Crippen LogP contribution in [0.25, 0.3) is 0 Å². The van der Waals surface area contributed by atoms with Crippen molar-refractivity contribution in [2.75, 3.05) is 30.9 Å². The molecule has 1 aromatic carbocycles. The zero-order valence-electron chi connectivity index (χ0n) is 13.9.